The molecule has 1 aliphatic carbocycles. The number of fused-ring (bicyclic) bond motifs is 1. The van der Waals surface area contributed by atoms with E-state index < -0.39 is 0 Å². The fraction of sp³-hybridized carbons (Fsp3) is 0.259. The highest BCUT2D eigenvalue weighted by Crippen LogP contribution is 2.47. The number of hydrogen-bond donors (Lipinski definition) is 0. The van der Waals surface area contributed by atoms with Crippen LogP contribution in [0.25, 0.3) is 6.08 Å². The van der Waals surface area contributed by atoms with E-state index in [-0.39, 0.29) is 11.6 Å². The third-order valence-corrected chi connectivity index (χ3v) is 10.0. The van der Waals surface area contributed by atoms with E-state index in [9.17, 15) is 4.79 Å². The predicted octanol–water partition coefficient (Wildman–Crippen LogP) is 5.48. The second-order valence-electron chi connectivity index (χ2n) is 8.45. The molecule has 0 spiro atoms. The van der Waals surface area contributed by atoms with E-state index >= 15 is 0 Å². The summed E-state index contributed by atoms with van der Waals surface area (Å²) < 4.78 is 4.14. The molecule has 0 radical (unpaired) electrons. The summed E-state index contributed by atoms with van der Waals surface area (Å²) in [5, 5.41) is 0. The Morgan fingerprint density at radius 3 is 2.39 bits per heavy atom. The standard InChI is InChI=1S/C27H24N2OS3/c30-25-22(17-18-9-3-1-4-10-18)33-27-28-23-20(24(29(25)27)19-11-5-2-6-12-19)13-7-14-21(23)26-31-15-8-16-32-26/h1-6,9-12,17,24H,7-8,13-16H2. The van der Waals surface area contributed by atoms with Crippen LogP contribution >= 0.6 is 34.9 Å². The van der Waals surface area contributed by atoms with Crippen LogP contribution in [0.5, 0.6) is 0 Å². The summed E-state index contributed by atoms with van der Waals surface area (Å²) in [6.45, 7) is 0. The highest BCUT2D eigenvalue weighted by molar-refractivity contribution is 8.22. The molecule has 1 fully saturated rings. The molecule has 0 bridgehead atoms. The summed E-state index contributed by atoms with van der Waals surface area (Å²) in [5.74, 6) is 2.38. The lowest BCUT2D eigenvalue weighted by Crippen LogP contribution is -2.39. The van der Waals surface area contributed by atoms with Gasteiger partial charge in [-0.05, 0) is 65.5 Å². The molecule has 3 heterocycles. The van der Waals surface area contributed by atoms with Crippen molar-refractivity contribution in [2.24, 2.45) is 4.99 Å². The first-order valence-corrected chi connectivity index (χ1v) is 14.2. The molecule has 3 aromatic rings. The predicted molar refractivity (Wildman–Crippen MR) is 141 cm³/mol. The molecular weight excluding hydrogens is 465 g/mol. The van der Waals surface area contributed by atoms with Gasteiger partial charge in [-0.25, -0.2) is 4.99 Å². The fourth-order valence-corrected chi connectivity index (χ4v) is 8.54. The maximum Gasteiger partial charge on any atom is 0.271 e. The van der Waals surface area contributed by atoms with Crippen molar-refractivity contribution in [1.82, 2.24) is 4.57 Å². The molecule has 6 rings (SSSR count). The van der Waals surface area contributed by atoms with Crippen molar-refractivity contribution in [3.63, 3.8) is 0 Å². The van der Waals surface area contributed by atoms with Crippen LogP contribution in [-0.4, -0.2) is 16.1 Å². The molecule has 0 saturated carbocycles. The highest BCUT2D eigenvalue weighted by Gasteiger charge is 2.33. The minimum atomic E-state index is -0.0788. The van der Waals surface area contributed by atoms with Crippen molar-refractivity contribution in [3.05, 3.63) is 113 Å². The van der Waals surface area contributed by atoms with Crippen molar-refractivity contribution in [2.45, 2.75) is 31.7 Å². The van der Waals surface area contributed by atoms with E-state index in [1.54, 1.807) is 0 Å². The van der Waals surface area contributed by atoms with Crippen LogP contribution in [0.4, 0.5) is 0 Å². The Labute approximate surface area is 205 Å². The molecule has 33 heavy (non-hydrogen) atoms. The van der Waals surface area contributed by atoms with Gasteiger partial charge in [-0.3, -0.25) is 9.36 Å². The van der Waals surface area contributed by atoms with Gasteiger partial charge in [0, 0.05) is 4.24 Å². The van der Waals surface area contributed by atoms with Gasteiger partial charge in [-0.15, -0.1) is 23.5 Å². The number of rotatable bonds is 2. The molecule has 0 amide bonds. The SMILES string of the molecule is O=c1c(=Cc2ccccc2)sc2n1C(c1ccccc1)C1=C(N=2)C(=C2SCCCS2)CCC1. The number of nitrogens with zero attached hydrogens (tertiary/aromatic N) is 2. The van der Waals surface area contributed by atoms with Crippen molar-refractivity contribution >= 4 is 40.9 Å². The Balaban J connectivity index is 1.60. The van der Waals surface area contributed by atoms with Gasteiger partial charge in [0.05, 0.1) is 16.3 Å². The van der Waals surface area contributed by atoms with Gasteiger partial charge in [-0.2, -0.15) is 0 Å². The monoisotopic (exact) mass is 488 g/mol. The third kappa shape index (κ3) is 3.98. The topological polar surface area (TPSA) is 34.4 Å². The molecule has 1 unspecified atom stereocenters. The lowest BCUT2D eigenvalue weighted by atomic mass is 9.85. The summed E-state index contributed by atoms with van der Waals surface area (Å²) in [6, 6.07) is 20.5. The maximum absolute atomic E-state index is 13.7. The molecule has 0 N–H and O–H groups in total. The zero-order chi connectivity index (χ0) is 22.2. The van der Waals surface area contributed by atoms with Gasteiger partial charge in [0.2, 0.25) is 0 Å². The summed E-state index contributed by atoms with van der Waals surface area (Å²) in [6.07, 6.45) is 6.46. The average molecular weight is 489 g/mol. The summed E-state index contributed by atoms with van der Waals surface area (Å²) in [4.78, 5) is 19.7. The molecular formula is C27H24N2OS3. The van der Waals surface area contributed by atoms with Gasteiger partial charge >= 0.3 is 0 Å². The largest absolute Gasteiger partial charge is 0.272 e. The lowest BCUT2D eigenvalue weighted by Gasteiger charge is -2.32. The van der Waals surface area contributed by atoms with E-state index in [4.69, 9.17) is 4.99 Å². The van der Waals surface area contributed by atoms with Crippen molar-refractivity contribution in [1.29, 1.82) is 0 Å². The molecule has 6 heteroatoms. The van der Waals surface area contributed by atoms with Crippen molar-refractivity contribution in [3.8, 4) is 0 Å². The van der Waals surface area contributed by atoms with Crippen molar-refractivity contribution < 1.29 is 0 Å². The summed E-state index contributed by atoms with van der Waals surface area (Å²) in [7, 11) is 0. The highest BCUT2D eigenvalue weighted by atomic mass is 32.2. The zero-order valence-electron chi connectivity index (χ0n) is 18.2. The van der Waals surface area contributed by atoms with E-state index in [1.807, 2.05) is 70.6 Å². The van der Waals surface area contributed by atoms with E-state index in [2.05, 4.69) is 24.3 Å². The molecule has 2 aliphatic heterocycles. The average Bonchev–Trinajstić information content (AvgIpc) is 3.18. The normalized spacial score (nSPS) is 21.0. The molecule has 1 saturated heterocycles. The smallest absolute Gasteiger partial charge is 0.271 e. The van der Waals surface area contributed by atoms with E-state index in [0.717, 1.165) is 39.9 Å². The van der Waals surface area contributed by atoms with Crippen LogP contribution in [0.3, 0.4) is 0 Å². The van der Waals surface area contributed by atoms with Crippen molar-refractivity contribution in [2.75, 3.05) is 11.5 Å². The van der Waals surface area contributed by atoms with Crippen LogP contribution in [0.2, 0.25) is 0 Å². The minimum Gasteiger partial charge on any atom is -0.272 e. The first-order chi connectivity index (χ1) is 16.3. The van der Waals surface area contributed by atoms with Gasteiger partial charge in [0.1, 0.15) is 0 Å². The van der Waals surface area contributed by atoms with Crippen LogP contribution in [0.15, 0.2) is 91.5 Å². The molecule has 3 aliphatic rings. The number of thioether (sulfide) groups is 2. The molecule has 1 atom stereocenters. The Bertz CT molecular complexity index is 1420. The zero-order valence-corrected chi connectivity index (χ0v) is 20.6. The molecule has 166 valence electrons. The maximum atomic E-state index is 13.7. The van der Waals surface area contributed by atoms with Crippen LogP contribution in [0.1, 0.15) is 42.9 Å². The summed E-state index contributed by atoms with van der Waals surface area (Å²) >= 11 is 5.50. The fourth-order valence-electron chi connectivity index (χ4n) is 4.83. The van der Waals surface area contributed by atoms with E-state index in [1.165, 1.54) is 50.2 Å². The molecule has 3 nitrogen and oxygen atoms in total. The Morgan fingerprint density at radius 2 is 1.64 bits per heavy atom. The number of benzene rings is 2. The van der Waals surface area contributed by atoms with Crippen LogP contribution < -0.4 is 14.9 Å². The Morgan fingerprint density at radius 1 is 0.909 bits per heavy atom. The van der Waals surface area contributed by atoms with Crippen LogP contribution in [-0.2, 0) is 0 Å². The van der Waals surface area contributed by atoms with E-state index in [0.29, 0.717) is 0 Å². The first-order valence-electron chi connectivity index (χ1n) is 11.4. The minimum absolute atomic E-state index is 0.0594. The van der Waals surface area contributed by atoms with Gasteiger partial charge in [-0.1, -0.05) is 72.0 Å². The Kier molecular flexibility index (Phi) is 5.91. The second kappa shape index (κ2) is 9.16. The van der Waals surface area contributed by atoms with Gasteiger partial charge in [0.25, 0.3) is 5.56 Å². The molecule has 2 aromatic carbocycles. The third-order valence-electron chi connectivity index (χ3n) is 6.31. The number of hydrogen-bond acceptors (Lipinski definition) is 5. The summed E-state index contributed by atoms with van der Waals surface area (Å²) in [5.41, 5.74) is 6.14. The Hall–Kier alpha value is -2.28. The van der Waals surface area contributed by atoms with Crippen LogP contribution in [0, 0.1) is 0 Å². The number of aromatic nitrogens is 1. The quantitative estimate of drug-likeness (QED) is 0.479. The van der Waals surface area contributed by atoms with Gasteiger partial charge < -0.3 is 0 Å². The lowest BCUT2D eigenvalue weighted by molar-refractivity contribution is 0.553. The molecule has 1 aromatic heterocycles. The van der Waals surface area contributed by atoms with Gasteiger partial charge in [0.15, 0.2) is 4.80 Å². The second-order valence-corrected chi connectivity index (χ2v) is 11.9. The number of thiazole rings is 1. The number of allylic oxidation sites excluding steroid dienone is 2. The first kappa shape index (κ1) is 21.3.